The molecule has 0 radical (unpaired) electrons. The molecule has 0 atom stereocenters. The first-order valence-corrected chi connectivity index (χ1v) is 12.8. The number of aliphatic imine (C=N–C) groups is 1. The van der Waals surface area contributed by atoms with E-state index in [1.807, 2.05) is 17.6 Å². The number of hydrogen-bond donors (Lipinski definition) is 0. The van der Waals surface area contributed by atoms with E-state index in [9.17, 15) is 17.6 Å². The monoisotopic (exact) mass is 511 g/mol. The zero-order chi connectivity index (χ0) is 25.7. The summed E-state index contributed by atoms with van der Waals surface area (Å²) in [5.41, 5.74) is 2.86. The summed E-state index contributed by atoms with van der Waals surface area (Å²) in [4.78, 5) is 17.3. The molecule has 0 N–H and O–H groups in total. The minimum absolute atomic E-state index is 0.0160. The fourth-order valence-corrected chi connectivity index (χ4v) is 6.01. The molecule has 0 spiro atoms. The highest BCUT2D eigenvalue weighted by molar-refractivity contribution is 7.90. The summed E-state index contributed by atoms with van der Waals surface area (Å²) in [5, 5.41) is 8.36. The highest BCUT2D eigenvalue weighted by Crippen LogP contribution is 2.30. The van der Waals surface area contributed by atoms with Crippen molar-refractivity contribution in [2.24, 2.45) is 4.99 Å². The molecule has 0 saturated heterocycles. The lowest BCUT2D eigenvalue weighted by Crippen LogP contribution is -2.30. The molecule has 4 aromatic rings. The first-order valence-electron chi connectivity index (χ1n) is 11.4. The van der Waals surface area contributed by atoms with E-state index in [-0.39, 0.29) is 23.5 Å². The summed E-state index contributed by atoms with van der Waals surface area (Å²) in [6.07, 6.45) is 0. The lowest BCUT2D eigenvalue weighted by Gasteiger charge is -2.13. The smallest absolute Gasteiger partial charge is 0.269 e. The van der Waals surface area contributed by atoms with E-state index in [0.717, 1.165) is 9.99 Å². The molecule has 10 heteroatoms. The van der Waals surface area contributed by atoms with Gasteiger partial charge in [-0.05, 0) is 49.4 Å². The number of amides is 1. The Kier molecular flexibility index (Phi) is 5.24. The predicted octanol–water partition coefficient (Wildman–Crippen LogP) is 3.26. The molecule has 0 fully saturated rings. The Labute approximate surface area is 212 Å². The molecule has 1 aromatic heterocycles. The summed E-state index contributed by atoms with van der Waals surface area (Å²) in [7, 11) is -3.95. The largest absolute Gasteiger partial charge is 0.281 e. The Hall–Kier alpha value is -4.62. The van der Waals surface area contributed by atoms with Gasteiger partial charge in [-0.2, -0.15) is 0 Å². The Morgan fingerprint density at radius 1 is 0.973 bits per heavy atom. The van der Waals surface area contributed by atoms with E-state index >= 15 is 0 Å². The Balaban J connectivity index is 1.40. The number of fused-ring (bicyclic) bond motifs is 4. The van der Waals surface area contributed by atoms with Crippen LogP contribution >= 0.6 is 0 Å². The normalized spacial score (nSPS) is 15.1. The second kappa shape index (κ2) is 8.50. The SMILES string of the molecule is Cc1nnc2n1-c1ccc(C#CCN3C(=O)c4ccccc4S3(=O)=O)cc1C(c1ccccc1F)=NC2. The molecule has 8 nitrogen and oxygen atoms in total. The van der Waals surface area contributed by atoms with Crippen LogP contribution in [0.25, 0.3) is 5.69 Å². The van der Waals surface area contributed by atoms with Crippen molar-refractivity contribution in [3.8, 4) is 17.5 Å². The molecule has 3 aromatic carbocycles. The van der Waals surface area contributed by atoms with Gasteiger partial charge in [-0.15, -0.1) is 10.2 Å². The number of halogens is 1. The number of sulfonamides is 1. The van der Waals surface area contributed by atoms with Crippen molar-refractivity contribution >= 4 is 21.6 Å². The van der Waals surface area contributed by atoms with Crippen LogP contribution in [0.2, 0.25) is 0 Å². The van der Waals surface area contributed by atoms with Crippen molar-refractivity contribution < 1.29 is 17.6 Å². The van der Waals surface area contributed by atoms with Crippen molar-refractivity contribution in [3.05, 3.63) is 106 Å². The Morgan fingerprint density at radius 3 is 2.51 bits per heavy atom. The molecule has 2 aliphatic rings. The summed E-state index contributed by atoms with van der Waals surface area (Å²) in [6.45, 7) is 1.75. The van der Waals surface area contributed by atoms with Gasteiger partial charge in [0.25, 0.3) is 15.9 Å². The zero-order valence-electron chi connectivity index (χ0n) is 19.5. The Bertz CT molecular complexity index is 1810. The Morgan fingerprint density at radius 2 is 1.73 bits per heavy atom. The van der Waals surface area contributed by atoms with Crippen LogP contribution in [0.3, 0.4) is 0 Å². The molecule has 0 aliphatic carbocycles. The van der Waals surface area contributed by atoms with Gasteiger partial charge in [-0.25, -0.2) is 17.1 Å². The molecule has 182 valence electrons. The molecule has 6 rings (SSSR count). The van der Waals surface area contributed by atoms with Crippen LogP contribution in [0.4, 0.5) is 4.39 Å². The number of benzene rings is 3. The van der Waals surface area contributed by atoms with Crippen LogP contribution in [0, 0.1) is 24.6 Å². The van der Waals surface area contributed by atoms with Gasteiger partial charge in [0.1, 0.15) is 23.1 Å². The topological polar surface area (TPSA) is 97.5 Å². The average Bonchev–Trinajstić information content (AvgIpc) is 3.28. The van der Waals surface area contributed by atoms with E-state index in [4.69, 9.17) is 0 Å². The van der Waals surface area contributed by atoms with Crippen LogP contribution in [-0.2, 0) is 16.6 Å². The first-order chi connectivity index (χ1) is 17.9. The van der Waals surface area contributed by atoms with Crippen LogP contribution in [0.1, 0.15) is 38.7 Å². The number of rotatable bonds is 2. The van der Waals surface area contributed by atoms with Gasteiger partial charge < -0.3 is 0 Å². The van der Waals surface area contributed by atoms with Gasteiger partial charge >= 0.3 is 0 Å². The zero-order valence-corrected chi connectivity index (χ0v) is 20.3. The van der Waals surface area contributed by atoms with Crippen molar-refractivity contribution in [3.63, 3.8) is 0 Å². The average molecular weight is 512 g/mol. The third-order valence-electron chi connectivity index (χ3n) is 6.26. The van der Waals surface area contributed by atoms with Gasteiger partial charge in [0.2, 0.25) is 0 Å². The molecule has 37 heavy (non-hydrogen) atoms. The number of carbonyl (C=O) groups excluding carboxylic acids is 1. The maximum Gasteiger partial charge on any atom is 0.269 e. The summed E-state index contributed by atoms with van der Waals surface area (Å²) in [5.74, 6) is 6.04. The standard InChI is InChI=1S/C27H18FN5O3S/c1-17-30-31-25-16-29-26(19-8-2-4-10-22(19)28)21-15-18(12-13-23(21)33(17)25)7-6-14-32-27(34)20-9-3-5-11-24(20)37(32,35)36/h2-5,8-13,15H,14,16H2,1H3. The molecule has 3 heterocycles. The predicted molar refractivity (Wildman–Crippen MR) is 133 cm³/mol. The van der Waals surface area contributed by atoms with Gasteiger partial charge in [0.05, 0.1) is 23.5 Å². The minimum Gasteiger partial charge on any atom is -0.281 e. The number of hydrogen-bond acceptors (Lipinski definition) is 6. The van der Waals surface area contributed by atoms with Crippen molar-refractivity contribution in [1.29, 1.82) is 0 Å². The maximum atomic E-state index is 14.8. The van der Waals surface area contributed by atoms with Crippen LogP contribution < -0.4 is 0 Å². The van der Waals surface area contributed by atoms with E-state index in [0.29, 0.717) is 34.1 Å². The third kappa shape index (κ3) is 3.63. The van der Waals surface area contributed by atoms with Crippen LogP contribution in [0.5, 0.6) is 0 Å². The molecular formula is C27H18FN5O3S. The fourth-order valence-electron chi connectivity index (χ4n) is 4.54. The summed E-state index contributed by atoms with van der Waals surface area (Å²) < 4.78 is 43.0. The minimum atomic E-state index is -3.95. The highest BCUT2D eigenvalue weighted by Gasteiger charge is 2.40. The number of nitrogens with zero attached hydrogens (tertiary/aromatic N) is 5. The third-order valence-corrected chi connectivity index (χ3v) is 8.05. The van der Waals surface area contributed by atoms with Crippen molar-refractivity contribution in [2.75, 3.05) is 6.54 Å². The van der Waals surface area contributed by atoms with Gasteiger partial charge in [-0.1, -0.05) is 36.1 Å². The van der Waals surface area contributed by atoms with E-state index < -0.39 is 21.7 Å². The van der Waals surface area contributed by atoms with Crippen LogP contribution in [-0.4, -0.2) is 45.7 Å². The van der Waals surface area contributed by atoms with Crippen LogP contribution in [0.15, 0.2) is 76.6 Å². The maximum absolute atomic E-state index is 14.8. The summed E-state index contributed by atoms with van der Waals surface area (Å²) >= 11 is 0. The molecule has 0 unspecified atom stereocenters. The lowest BCUT2D eigenvalue weighted by molar-refractivity contribution is 0.0882. The van der Waals surface area contributed by atoms with E-state index in [1.54, 1.807) is 42.5 Å². The first kappa shape index (κ1) is 22.8. The van der Waals surface area contributed by atoms with E-state index in [1.165, 1.54) is 18.2 Å². The van der Waals surface area contributed by atoms with E-state index in [2.05, 4.69) is 27.0 Å². The molecule has 2 aliphatic heterocycles. The molecule has 0 bridgehead atoms. The van der Waals surface area contributed by atoms with Gasteiger partial charge in [-0.3, -0.25) is 14.4 Å². The van der Waals surface area contributed by atoms with Crippen molar-refractivity contribution in [1.82, 2.24) is 19.1 Å². The second-order valence-electron chi connectivity index (χ2n) is 8.49. The van der Waals surface area contributed by atoms with Gasteiger partial charge in [0.15, 0.2) is 5.82 Å². The lowest BCUT2D eigenvalue weighted by atomic mass is 9.98. The van der Waals surface area contributed by atoms with Gasteiger partial charge in [0, 0.05) is 16.7 Å². The number of aryl methyl sites for hydroxylation is 1. The van der Waals surface area contributed by atoms with Crippen molar-refractivity contribution in [2.45, 2.75) is 18.4 Å². The fraction of sp³-hybridized carbons (Fsp3) is 0.111. The molecule has 0 saturated carbocycles. The quantitative estimate of drug-likeness (QED) is 0.385. The number of aromatic nitrogens is 3. The number of carbonyl (C=O) groups is 1. The second-order valence-corrected chi connectivity index (χ2v) is 10.3. The summed E-state index contributed by atoms with van der Waals surface area (Å²) in [6, 6.07) is 17.9. The highest BCUT2D eigenvalue weighted by atomic mass is 32.2. The molecule has 1 amide bonds. The molecular weight excluding hydrogens is 493 g/mol.